The van der Waals surface area contributed by atoms with Crippen LogP contribution in [-0.2, 0) is 16.0 Å². The number of H-pyrrole nitrogens is 1. The van der Waals surface area contributed by atoms with Crippen molar-refractivity contribution in [2.24, 2.45) is 0 Å². The van der Waals surface area contributed by atoms with E-state index >= 15 is 0 Å². The third kappa shape index (κ3) is 1.76. The molecule has 5 nitrogen and oxygen atoms in total. The number of anilines is 1. The van der Waals surface area contributed by atoms with Crippen molar-refractivity contribution in [1.82, 2.24) is 9.97 Å². The zero-order valence-corrected chi connectivity index (χ0v) is 8.28. The van der Waals surface area contributed by atoms with Crippen LogP contribution in [0.4, 0.5) is 5.95 Å². The Morgan fingerprint density at radius 2 is 2.40 bits per heavy atom. The molecule has 3 N–H and O–H groups in total. The second-order valence-electron chi connectivity index (χ2n) is 3.19. The molecule has 0 spiro atoms. The molecule has 1 heterocycles. The van der Waals surface area contributed by atoms with E-state index in [9.17, 15) is 4.79 Å². The normalized spacial score (nSPS) is 10.5. The highest BCUT2D eigenvalue weighted by Crippen LogP contribution is 2.17. The Bertz CT molecular complexity index is 504. The molecule has 0 bridgehead atoms. The van der Waals surface area contributed by atoms with Gasteiger partial charge >= 0.3 is 5.97 Å². The predicted octanol–water partition coefficient (Wildman–Crippen LogP) is 0.861. The lowest BCUT2D eigenvalue weighted by atomic mass is 10.1. The summed E-state index contributed by atoms with van der Waals surface area (Å²) in [5, 5.41) is 0. The van der Waals surface area contributed by atoms with E-state index in [0.717, 1.165) is 16.6 Å². The van der Waals surface area contributed by atoms with Crippen LogP contribution in [0, 0.1) is 0 Å². The number of hydrogen-bond acceptors (Lipinski definition) is 4. The number of rotatable bonds is 2. The highest BCUT2D eigenvalue weighted by molar-refractivity contribution is 5.85. The molecule has 0 fully saturated rings. The van der Waals surface area contributed by atoms with E-state index in [4.69, 9.17) is 5.73 Å². The van der Waals surface area contributed by atoms with Gasteiger partial charge in [0.05, 0.1) is 24.6 Å². The molecule has 0 aliphatic carbocycles. The smallest absolute Gasteiger partial charge is 0.310 e. The number of imidazole rings is 1. The molecule has 0 saturated carbocycles. The summed E-state index contributed by atoms with van der Waals surface area (Å²) >= 11 is 0. The van der Waals surface area contributed by atoms with Gasteiger partial charge < -0.3 is 15.5 Å². The number of fused-ring (bicyclic) bond motifs is 1. The maximum Gasteiger partial charge on any atom is 0.310 e. The number of benzene rings is 1. The number of hydrogen-bond donors (Lipinski definition) is 2. The lowest BCUT2D eigenvalue weighted by Gasteiger charge is -2.00. The maximum absolute atomic E-state index is 11.1. The molecule has 0 atom stereocenters. The highest BCUT2D eigenvalue weighted by atomic mass is 16.5. The molecule has 2 aromatic rings. The van der Waals surface area contributed by atoms with Crippen LogP contribution in [0.2, 0.25) is 0 Å². The molecule has 1 aromatic heterocycles. The van der Waals surface area contributed by atoms with Crippen molar-refractivity contribution < 1.29 is 9.53 Å². The van der Waals surface area contributed by atoms with Crippen LogP contribution in [0.1, 0.15) is 5.56 Å². The zero-order valence-electron chi connectivity index (χ0n) is 8.28. The van der Waals surface area contributed by atoms with Gasteiger partial charge in [0.1, 0.15) is 0 Å². The number of nitrogens with two attached hydrogens (primary N) is 1. The number of nitrogens with one attached hydrogen (secondary N) is 1. The lowest BCUT2D eigenvalue weighted by molar-refractivity contribution is -0.139. The Labute approximate surface area is 86.3 Å². The van der Waals surface area contributed by atoms with Gasteiger partial charge in [-0.05, 0) is 11.6 Å². The average molecular weight is 205 g/mol. The fourth-order valence-corrected chi connectivity index (χ4v) is 1.48. The molecule has 5 heteroatoms. The summed E-state index contributed by atoms with van der Waals surface area (Å²) in [4.78, 5) is 18.2. The number of nitrogen functional groups attached to an aromatic ring is 1. The van der Waals surface area contributed by atoms with Crippen molar-refractivity contribution in [3.63, 3.8) is 0 Å². The molecule has 0 aliphatic heterocycles. The minimum absolute atomic E-state index is 0.206. The molecule has 0 aliphatic rings. The average Bonchev–Trinajstić information content (AvgIpc) is 2.59. The van der Waals surface area contributed by atoms with Crippen molar-refractivity contribution in [3.8, 4) is 0 Å². The molecular formula is C10H11N3O2. The van der Waals surface area contributed by atoms with Crippen molar-refractivity contribution in [2.75, 3.05) is 12.8 Å². The highest BCUT2D eigenvalue weighted by Gasteiger charge is 2.09. The minimum atomic E-state index is -0.288. The number of methoxy groups -OCH3 is 1. The summed E-state index contributed by atoms with van der Waals surface area (Å²) in [5.41, 5.74) is 7.90. The van der Waals surface area contributed by atoms with Crippen LogP contribution in [0.3, 0.4) is 0 Å². The SMILES string of the molecule is COC(=O)Cc1cccc2[nH]c(N)nc12. The van der Waals surface area contributed by atoms with Crippen molar-refractivity contribution >= 4 is 23.0 Å². The zero-order chi connectivity index (χ0) is 10.8. The Hall–Kier alpha value is -2.04. The number of esters is 1. The van der Waals surface area contributed by atoms with Gasteiger partial charge in [-0.2, -0.15) is 0 Å². The van der Waals surface area contributed by atoms with Crippen LogP contribution in [0.25, 0.3) is 11.0 Å². The summed E-state index contributed by atoms with van der Waals surface area (Å²) in [7, 11) is 1.36. The number of ether oxygens (including phenoxy) is 1. The summed E-state index contributed by atoms with van der Waals surface area (Å²) in [5.74, 6) is 0.0615. The Balaban J connectivity index is 2.46. The third-order valence-electron chi connectivity index (χ3n) is 2.18. The van der Waals surface area contributed by atoms with E-state index in [0.29, 0.717) is 5.95 Å². The first-order valence-corrected chi connectivity index (χ1v) is 4.50. The van der Waals surface area contributed by atoms with Gasteiger partial charge in [0, 0.05) is 0 Å². The Morgan fingerprint density at radius 3 is 3.13 bits per heavy atom. The first-order chi connectivity index (χ1) is 7.20. The minimum Gasteiger partial charge on any atom is -0.469 e. The van der Waals surface area contributed by atoms with Gasteiger partial charge in [-0.1, -0.05) is 12.1 Å². The quantitative estimate of drug-likeness (QED) is 0.712. The summed E-state index contributed by atoms with van der Waals surface area (Å²) in [6, 6.07) is 5.54. The second kappa shape index (κ2) is 3.61. The van der Waals surface area contributed by atoms with Gasteiger partial charge in [-0.25, -0.2) is 4.98 Å². The molecular weight excluding hydrogens is 194 g/mol. The summed E-state index contributed by atoms with van der Waals surface area (Å²) in [6.45, 7) is 0. The number of aromatic nitrogens is 2. The molecule has 2 rings (SSSR count). The molecule has 78 valence electrons. The standard InChI is InChI=1S/C10H11N3O2/c1-15-8(14)5-6-3-2-4-7-9(6)13-10(11)12-7/h2-4H,5H2,1H3,(H3,11,12,13). The van der Waals surface area contributed by atoms with Crippen LogP contribution in [-0.4, -0.2) is 23.0 Å². The van der Waals surface area contributed by atoms with E-state index in [-0.39, 0.29) is 12.4 Å². The number of carbonyl (C=O) groups excluding carboxylic acids is 1. The van der Waals surface area contributed by atoms with Gasteiger partial charge in [0.2, 0.25) is 0 Å². The van der Waals surface area contributed by atoms with E-state index in [1.807, 2.05) is 18.2 Å². The van der Waals surface area contributed by atoms with E-state index < -0.39 is 0 Å². The van der Waals surface area contributed by atoms with Gasteiger partial charge in [0.25, 0.3) is 0 Å². The lowest BCUT2D eigenvalue weighted by Crippen LogP contribution is -2.04. The Kier molecular flexibility index (Phi) is 2.29. The molecule has 15 heavy (non-hydrogen) atoms. The van der Waals surface area contributed by atoms with E-state index in [1.165, 1.54) is 7.11 Å². The molecule has 0 radical (unpaired) electrons. The maximum atomic E-state index is 11.1. The van der Waals surface area contributed by atoms with Crippen LogP contribution in [0.5, 0.6) is 0 Å². The predicted molar refractivity (Wildman–Crippen MR) is 56.2 cm³/mol. The van der Waals surface area contributed by atoms with Crippen molar-refractivity contribution in [1.29, 1.82) is 0 Å². The number of nitrogens with zero attached hydrogens (tertiary/aromatic N) is 1. The Morgan fingerprint density at radius 1 is 1.60 bits per heavy atom. The largest absolute Gasteiger partial charge is 0.469 e. The second-order valence-corrected chi connectivity index (χ2v) is 3.19. The number of carbonyl (C=O) groups is 1. The topological polar surface area (TPSA) is 81.0 Å². The number of para-hydroxylation sites is 1. The molecule has 0 saturated heterocycles. The van der Waals surface area contributed by atoms with Crippen LogP contribution < -0.4 is 5.73 Å². The van der Waals surface area contributed by atoms with Gasteiger partial charge in [-0.15, -0.1) is 0 Å². The molecule has 0 amide bonds. The van der Waals surface area contributed by atoms with E-state index in [1.54, 1.807) is 0 Å². The van der Waals surface area contributed by atoms with Gasteiger partial charge in [0.15, 0.2) is 5.95 Å². The molecule has 0 unspecified atom stereocenters. The first-order valence-electron chi connectivity index (χ1n) is 4.50. The molecule has 1 aromatic carbocycles. The van der Waals surface area contributed by atoms with Gasteiger partial charge in [-0.3, -0.25) is 4.79 Å². The third-order valence-corrected chi connectivity index (χ3v) is 2.18. The van der Waals surface area contributed by atoms with Crippen LogP contribution >= 0.6 is 0 Å². The van der Waals surface area contributed by atoms with E-state index in [2.05, 4.69) is 14.7 Å². The first kappa shape index (κ1) is 9.51. The van der Waals surface area contributed by atoms with Crippen molar-refractivity contribution in [3.05, 3.63) is 23.8 Å². The van der Waals surface area contributed by atoms with Crippen molar-refractivity contribution in [2.45, 2.75) is 6.42 Å². The fraction of sp³-hybridized carbons (Fsp3) is 0.200. The summed E-state index contributed by atoms with van der Waals surface area (Å²) < 4.78 is 4.60. The summed E-state index contributed by atoms with van der Waals surface area (Å²) in [6.07, 6.45) is 0.206. The fourth-order valence-electron chi connectivity index (χ4n) is 1.48. The van der Waals surface area contributed by atoms with Crippen LogP contribution in [0.15, 0.2) is 18.2 Å². The number of aromatic amines is 1. The monoisotopic (exact) mass is 205 g/mol.